The molecule has 18 heavy (non-hydrogen) atoms. The molecule has 3 N–H and O–H groups in total. The first-order valence-corrected chi connectivity index (χ1v) is 6.48. The van der Waals surface area contributed by atoms with Gasteiger partial charge < -0.3 is 11.1 Å². The average molecular weight is 246 g/mol. The van der Waals surface area contributed by atoms with Crippen molar-refractivity contribution in [2.24, 2.45) is 11.7 Å². The van der Waals surface area contributed by atoms with Gasteiger partial charge in [-0.05, 0) is 18.8 Å². The van der Waals surface area contributed by atoms with Crippen LogP contribution in [0.4, 0.5) is 5.82 Å². The highest BCUT2D eigenvalue weighted by molar-refractivity contribution is 5.61. The third-order valence-electron chi connectivity index (χ3n) is 3.72. The van der Waals surface area contributed by atoms with Gasteiger partial charge in [0.05, 0.1) is 0 Å². The first-order chi connectivity index (χ1) is 8.84. The Labute approximate surface area is 106 Å². The molecule has 0 saturated heterocycles. The van der Waals surface area contributed by atoms with Gasteiger partial charge in [0, 0.05) is 25.0 Å². The van der Waals surface area contributed by atoms with Crippen molar-refractivity contribution in [3.8, 4) is 0 Å². The van der Waals surface area contributed by atoms with Crippen LogP contribution in [0.1, 0.15) is 25.7 Å². The molecule has 0 bridgehead atoms. The van der Waals surface area contributed by atoms with Gasteiger partial charge in [-0.3, -0.25) is 4.40 Å². The maximum Gasteiger partial charge on any atom is 0.203 e. The third-order valence-corrected chi connectivity index (χ3v) is 3.72. The second-order valence-corrected chi connectivity index (χ2v) is 4.93. The molecule has 0 aromatic carbocycles. The van der Waals surface area contributed by atoms with E-state index in [1.54, 1.807) is 12.5 Å². The van der Waals surface area contributed by atoms with Crippen molar-refractivity contribution in [3.05, 3.63) is 18.7 Å². The fraction of sp³-hybridized carbons (Fsp3) is 0.583. The summed E-state index contributed by atoms with van der Waals surface area (Å²) in [4.78, 5) is 4.31. The number of fused-ring (bicyclic) bond motifs is 1. The van der Waals surface area contributed by atoms with Crippen molar-refractivity contribution < 1.29 is 0 Å². The third kappa shape index (κ3) is 2.15. The monoisotopic (exact) mass is 246 g/mol. The molecule has 2 unspecified atom stereocenters. The Kier molecular flexibility index (Phi) is 3.10. The summed E-state index contributed by atoms with van der Waals surface area (Å²) in [5.41, 5.74) is 6.91. The Bertz CT molecular complexity index is 522. The molecule has 1 aliphatic rings. The number of anilines is 1. The molecule has 6 heteroatoms. The minimum absolute atomic E-state index is 0.309. The summed E-state index contributed by atoms with van der Waals surface area (Å²) in [6, 6.07) is 0.309. The maximum atomic E-state index is 6.14. The van der Waals surface area contributed by atoms with Crippen molar-refractivity contribution in [1.29, 1.82) is 0 Å². The minimum atomic E-state index is 0.309. The van der Waals surface area contributed by atoms with Crippen LogP contribution in [-0.2, 0) is 0 Å². The highest BCUT2D eigenvalue weighted by Crippen LogP contribution is 2.23. The number of aromatic nitrogens is 4. The van der Waals surface area contributed by atoms with Crippen LogP contribution < -0.4 is 11.1 Å². The highest BCUT2D eigenvalue weighted by Gasteiger charge is 2.21. The van der Waals surface area contributed by atoms with E-state index >= 15 is 0 Å². The van der Waals surface area contributed by atoms with E-state index in [1.165, 1.54) is 19.3 Å². The summed E-state index contributed by atoms with van der Waals surface area (Å²) in [5, 5.41) is 11.3. The van der Waals surface area contributed by atoms with E-state index in [9.17, 15) is 0 Å². The Balaban J connectivity index is 1.71. The predicted octanol–water partition coefficient (Wildman–Crippen LogP) is 1.05. The molecule has 1 fully saturated rings. The lowest BCUT2D eigenvalue weighted by Gasteiger charge is -2.28. The molecule has 0 amide bonds. The van der Waals surface area contributed by atoms with Crippen LogP contribution in [-0.4, -0.2) is 32.2 Å². The Hall–Kier alpha value is -1.69. The summed E-state index contributed by atoms with van der Waals surface area (Å²) in [6.07, 6.45) is 10.1. The molecule has 6 nitrogen and oxygen atoms in total. The molecular formula is C12H18N6. The van der Waals surface area contributed by atoms with Gasteiger partial charge in [-0.1, -0.05) is 12.8 Å². The second-order valence-electron chi connectivity index (χ2n) is 4.93. The lowest BCUT2D eigenvalue weighted by molar-refractivity contribution is 0.321. The van der Waals surface area contributed by atoms with Crippen LogP contribution in [0, 0.1) is 5.92 Å². The van der Waals surface area contributed by atoms with E-state index in [-0.39, 0.29) is 0 Å². The molecule has 96 valence electrons. The summed E-state index contributed by atoms with van der Waals surface area (Å²) < 4.78 is 1.86. The van der Waals surface area contributed by atoms with Crippen LogP contribution >= 0.6 is 0 Å². The molecule has 0 spiro atoms. The van der Waals surface area contributed by atoms with Gasteiger partial charge in [0.25, 0.3) is 0 Å². The van der Waals surface area contributed by atoms with Gasteiger partial charge >= 0.3 is 0 Å². The average Bonchev–Trinajstić information content (AvgIpc) is 2.86. The Morgan fingerprint density at radius 2 is 2.28 bits per heavy atom. The minimum Gasteiger partial charge on any atom is -0.367 e. The van der Waals surface area contributed by atoms with E-state index in [0.29, 0.717) is 12.0 Å². The topological polar surface area (TPSA) is 81.1 Å². The van der Waals surface area contributed by atoms with E-state index in [0.717, 1.165) is 24.4 Å². The molecule has 1 aliphatic carbocycles. The highest BCUT2D eigenvalue weighted by atomic mass is 15.2. The number of hydrogen-bond donors (Lipinski definition) is 2. The molecule has 3 rings (SSSR count). The van der Waals surface area contributed by atoms with Crippen LogP contribution in [0.5, 0.6) is 0 Å². The molecule has 2 aromatic heterocycles. The number of rotatable bonds is 3. The van der Waals surface area contributed by atoms with Crippen LogP contribution in [0.2, 0.25) is 0 Å². The second kappa shape index (κ2) is 4.89. The number of nitrogens with zero attached hydrogens (tertiary/aromatic N) is 4. The van der Waals surface area contributed by atoms with Crippen LogP contribution in [0.15, 0.2) is 18.7 Å². The van der Waals surface area contributed by atoms with Gasteiger partial charge in [0.2, 0.25) is 5.65 Å². The Morgan fingerprint density at radius 3 is 3.17 bits per heavy atom. The zero-order chi connectivity index (χ0) is 12.4. The first-order valence-electron chi connectivity index (χ1n) is 6.48. The lowest BCUT2D eigenvalue weighted by Crippen LogP contribution is -2.37. The van der Waals surface area contributed by atoms with Crippen LogP contribution in [0.25, 0.3) is 5.65 Å². The quantitative estimate of drug-likeness (QED) is 0.846. The van der Waals surface area contributed by atoms with Gasteiger partial charge in [0.1, 0.15) is 6.33 Å². The summed E-state index contributed by atoms with van der Waals surface area (Å²) >= 11 is 0. The fourth-order valence-corrected chi connectivity index (χ4v) is 2.60. The molecule has 0 aliphatic heterocycles. The molecular weight excluding hydrogens is 228 g/mol. The van der Waals surface area contributed by atoms with Gasteiger partial charge in [-0.25, -0.2) is 4.98 Å². The summed E-state index contributed by atoms with van der Waals surface area (Å²) in [7, 11) is 0. The largest absolute Gasteiger partial charge is 0.367 e. The normalized spacial score (nSPS) is 24.3. The molecule has 2 aromatic rings. The maximum absolute atomic E-state index is 6.14. The van der Waals surface area contributed by atoms with E-state index in [2.05, 4.69) is 20.5 Å². The standard InChI is InChI=1S/C12H18N6/c13-10-4-2-1-3-9(10)7-15-11-12-17-16-8-18(12)6-5-14-11/h5-6,8-10H,1-4,7,13H2,(H,14,15). The van der Waals surface area contributed by atoms with Gasteiger partial charge in [-0.2, -0.15) is 0 Å². The first kappa shape index (κ1) is 11.4. The number of nitrogens with two attached hydrogens (primary N) is 1. The number of hydrogen-bond acceptors (Lipinski definition) is 5. The summed E-state index contributed by atoms with van der Waals surface area (Å²) in [6.45, 7) is 0.862. The SMILES string of the molecule is NC1CCCCC1CNc1nccn2cnnc12. The number of nitrogens with one attached hydrogen (secondary N) is 1. The zero-order valence-electron chi connectivity index (χ0n) is 10.3. The molecule has 2 heterocycles. The van der Waals surface area contributed by atoms with Crippen molar-refractivity contribution in [1.82, 2.24) is 19.6 Å². The molecule has 2 atom stereocenters. The smallest absolute Gasteiger partial charge is 0.203 e. The van der Waals surface area contributed by atoms with E-state index in [1.807, 2.05) is 10.6 Å². The van der Waals surface area contributed by atoms with Gasteiger partial charge in [-0.15, -0.1) is 10.2 Å². The van der Waals surface area contributed by atoms with Crippen molar-refractivity contribution in [3.63, 3.8) is 0 Å². The predicted molar refractivity (Wildman–Crippen MR) is 69.2 cm³/mol. The Morgan fingerprint density at radius 1 is 1.39 bits per heavy atom. The van der Waals surface area contributed by atoms with E-state index < -0.39 is 0 Å². The van der Waals surface area contributed by atoms with Crippen LogP contribution in [0.3, 0.4) is 0 Å². The van der Waals surface area contributed by atoms with E-state index in [4.69, 9.17) is 5.73 Å². The fourth-order valence-electron chi connectivity index (χ4n) is 2.60. The van der Waals surface area contributed by atoms with Crippen molar-refractivity contribution in [2.45, 2.75) is 31.7 Å². The molecule has 1 saturated carbocycles. The molecule has 0 radical (unpaired) electrons. The van der Waals surface area contributed by atoms with Crippen molar-refractivity contribution in [2.75, 3.05) is 11.9 Å². The summed E-state index contributed by atoms with van der Waals surface area (Å²) in [5.74, 6) is 1.32. The lowest BCUT2D eigenvalue weighted by atomic mass is 9.85. The van der Waals surface area contributed by atoms with Gasteiger partial charge in [0.15, 0.2) is 5.82 Å². The van der Waals surface area contributed by atoms with Crippen molar-refractivity contribution >= 4 is 11.5 Å². The zero-order valence-corrected chi connectivity index (χ0v) is 10.3.